The molecule has 0 bridgehead atoms. The van der Waals surface area contributed by atoms with Crippen LogP contribution in [0.4, 0.5) is 0 Å². The lowest BCUT2D eigenvalue weighted by Gasteiger charge is -2.06. The SMILES string of the molecule is OC(c1cc2c(s1)CCC2)c1sccc1Br. The molecular formula is C12H11BrOS2. The van der Waals surface area contributed by atoms with Gasteiger partial charge in [-0.2, -0.15) is 0 Å². The second kappa shape index (κ2) is 4.26. The summed E-state index contributed by atoms with van der Waals surface area (Å²) in [6.45, 7) is 0. The highest BCUT2D eigenvalue weighted by Gasteiger charge is 2.21. The minimum absolute atomic E-state index is 0.454. The van der Waals surface area contributed by atoms with Gasteiger partial charge in [-0.3, -0.25) is 0 Å². The first-order valence-corrected chi connectivity index (χ1v) is 7.77. The van der Waals surface area contributed by atoms with Crippen LogP contribution in [0.15, 0.2) is 22.0 Å². The first kappa shape index (κ1) is 11.0. The lowest BCUT2D eigenvalue weighted by atomic mass is 10.2. The summed E-state index contributed by atoms with van der Waals surface area (Å²) in [6, 6.07) is 4.17. The van der Waals surface area contributed by atoms with Crippen molar-refractivity contribution in [2.75, 3.05) is 0 Å². The maximum absolute atomic E-state index is 10.3. The quantitative estimate of drug-likeness (QED) is 0.883. The van der Waals surface area contributed by atoms with Gasteiger partial charge in [0.1, 0.15) is 6.10 Å². The van der Waals surface area contributed by atoms with E-state index in [2.05, 4.69) is 22.0 Å². The zero-order valence-electron chi connectivity index (χ0n) is 8.57. The Morgan fingerprint density at radius 3 is 2.94 bits per heavy atom. The van der Waals surface area contributed by atoms with Gasteiger partial charge < -0.3 is 5.11 Å². The number of rotatable bonds is 2. The second-order valence-electron chi connectivity index (χ2n) is 3.99. The highest BCUT2D eigenvalue weighted by molar-refractivity contribution is 9.10. The average molecular weight is 315 g/mol. The number of fused-ring (bicyclic) bond motifs is 1. The van der Waals surface area contributed by atoms with Gasteiger partial charge in [-0.25, -0.2) is 0 Å². The van der Waals surface area contributed by atoms with Crippen LogP contribution in [0.2, 0.25) is 0 Å². The molecule has 2 aromatic rings. The number of halogens is 1. The van der Waals surface area contributed by atoms with Crippen LogP contribution in [0.5, 0.6) is 0 Å². The highest BCUT2D eigenvalue weighted by atomic mass is 79.9. The lowest BCUT2D eigenvalue weighted by Crippen LogP contribution is -1.94. The van der Waals surface area contributed by atoms with Gasteiger partial charge in [-0.15, -0.1) is 22.7 Å². The van der Waals surface area contributed by atoms with Crippen molar-refractivity contribution in [3.05, 3.63) is 42.2 Å². The fourth-order valence-corrected chi connectivity index (χ4v) is 5.04. The number of aryl methyl sites for hydroxylation is 2. The Kier molecular flexibility index (Phi) is 2.92. The van der Waals surface area contributed by atoms with Gasteiger partial charge in [0, 0.05) is 14.2 Å². The zero-order valence-corrected chi connectivity index (χ0v) is 11.8. The molecule has 4 heteroatoms. The minimum atomic E-state index is -0.454. The molecule has 1 N–H and O–H groups in total. The van der Waals surface area contributed by atoms with Crippen LogP contribution in [-0.2, 0) is 12.8 Å². The van der Waals surface area contributed by atoms with Gasteiger partial charge in [0.15, 0.2) is 0 Å². The number of aliphatic hydroxyl groups excluding tert-OH is 1. The molecule has 1 aliphatic carbocycles. The number of hydrogen-bond acceptors (Lipinski definition) is 3. The molecule has 0 aromatic carbocycles. The van der Waals surface area contributed by atoms with E-state index in [4.69, 9.17) is 0 Å². The summed E-state index contributed by atoms with van der Waals surface area (Å²) in [6.07, 6.45) is 3.20. The Morgan fingerprint density at radius 2 is 2.25 bits per heavy atom. The molecule has 1 unspecified atom stereocenters. The maximum atomic E-state index is 10.3. The van der Waals surface area contributed by atoms with Gasteiger partial charge >= 0.3 is 0 Å². The third kappa shape index (κ3) is 1.78. The molecule has 0 saturated heterocycles. The molecule has 1 aliphatic rings. The molecule has 0 spiro atoms. The summed E-state index contributed by atoms with van der Waals surface area (Å²) in [5.74, 6) is 0. The summed E-state index contributed by atoms with van der Waals surface area (Å²) in [5.41, 5.74) is 1.45. The summed E-state index contributed by atoms with van der Waals surface area (Å²) in [5, 5.41) is 12.3. The largest absolute Gasteiger partial charge is 0.382 e. The van der Waals surface area contributed by atoms with Crippen LogP contribution in [0.3, 0.4) is 0 Å². The molecular weight excluding hydrogens is 304 g/mol. The van der Waals surface area contributed by atoms with Crippen LogP contribution in [0, 0.1) is 0 Å². The molecule has 1 nitrogen and oxygen atoms in total. The summed E-state index contributed by atoms with van der Waals surface area (Å²) >= 11 is 6.85. The van der Waals surface area contributed by atoms with Crippen molar-refractivity contribution in [3.63, 3.8) is 0 Å². The predicted octanol–water partition coefficient (Wildman–Crippen LogP) is 4.14. The Bertz CT molecular complexity index is 493. The Hall–Kier alpha value is -0.160. The van der Waals surface area contributed by atoms with E-state index in [1.807, 2.05) is 11.4 Å². The van der Waals surface area contributed by atoms with Crippen LogP contribution in [0.1, 0.15) is 32.7 Å². The van der Waals surface area contributed by atoms with Crippen molar-refractivity contribution >= 4 is 38.6 Å². The van der Waals surface area contributed by atoms with Crippen molar-refractivity contribution in [1.82, 2.24) is 0 Å². The van der Waals surface area contributed by atoms with Crippen molar-refractivity contribution in [2.24, 2.45) is 0 Å². The fourth-order valence-electron chi connectivity index (χ4n) is 2.12. The molecule has 0 fully saturated rings. The third-order valence-electron chi connectivity index (χ3n) is 2.93. The van der Waals surface area contributed by atoms with Crippen LogP contribution in [0.25, 0.3) is 0 Å². The smallest absolute Gasteiger partial charge is 0.123 e. The standard InChI is InChI=1S/C12H11BrOS2/c13-8-4-5-15-12(8)11(14)10-6-7-2-1-3-9(7)16-10/h4-6,11,14H,1-3H2. The van der Waals surface area contributed by atoms with Crippen LogP contribution >= 0.6 is 38.6 Å². The van der Waals surface area contributed by atoms with Crippen LogP contribution < -0.4 is 0 Å². The normalized spacial score (nSPS) is 16.4. The van der Waals surface area contributed by atoms with Gasteiger partial charge in [-0.05, 0) is 58.3 Å². The van der Waals surface area contributed by atoms with E-state index in [9.17, 15) is 5.11 Å². The van der Waals surface area contributed by atoms with E-state index in [1.165, 1.54) is 29.7 Å². The maximum Gasteiger partial charge on any atom is 0.123 e. The highest BCUT2D eigenvalue weighted by Crippen LogP contribution is 2.39. The zero-order chi connectivity index (χ0) is 11.1. The van der Waals surface area contributed by atoms with Crippen LogP contribution in [-0.4, -0.2) is 5.11 Å². The van der Waals surface area contributed by atoms with Crippen molar-refractivity contribution < 1.29 is 5.11 Å². The van der Waals surface area contributed by atoms with E-state index in [0.29, 0.717) is 0 Å². The summed E-state index contributed by atoms with van der Waals surface area (Å²) in [7, 11) is 0. The topological polar surface area (TPSA) is 20.2 Å². The predicted molar refractivity (Wildman–Crippen MR) is 72.4 cm³/mol. The van der Waals surface area contributed by atoms with Crippen molar-refractivity contribution in [2.45, 2.75) is 25.4 Å². The number of aliphatic hydroxyl groups is 1. The minimum Gasteiger partial charge on any atom is -0.382 e. The van der Waals surface area contributed by atoms with E-state index >= 15 is 0 Å². The number of thiophene rings is 2. The van der Waals surface area contributed by atoms with Gasteiger partial charge in [0.05, 0.1) is 4.88 Å². The van der Waals surface area contributed by atoms with Gasteiger partial charge in [0.25, 0.3) is 0 Å². The Labute approximate surface area is 111 Å². The second-order valence-corrected chi connectivity index (χ2v) is 6.96. The molecule has 0 aliphatic heterocycles. The molecule has 2 aromatic heterocycles. The Morgan fingerprint density at radius 1 is 1.38 bits per heavy atom. The summed E-state index contributed by atoms with van der Waals surface area (Å²) in [4.78, 5) is 3.58. The third-order valence-corrected chi connectivity index (χ3v) is 6.14. The first-order valence-electron chi connectivity index (χ1n) is 5.28. The van der Waals surface area contributed by atoms with Crippen molar-refractivity contribution in [3.8, 4) is 0 Å². The van der Waals surface area contributed by atoms with Gasteiger partial charge in [0.2, 0.25) is 0 Å². The molecule has 1 atom stereocenters. The molecule has 2 heterocycles. The fraction of sp³-hybridized carbons (Fsp3) is 0.333. The Balaban J connectivity index is 1.95. The monoisotopic (exact) mass is 314 g/mol. The molecule has 84 valence electrons. The molecule has 3 rings (SSSR count). The van der Waals surface area contributed by atoms with Gasteiger partial charge in [-0.1, -0.05) is 0 Å². The summed E-state index contributed by atoms with van der Waals surface area (Å²) < 4.78 is 1.01. The van der Waals surface area contributed by atoms with E-state index in [-0.39, 0.29) is 0 Å². The van der Waals surface area contributed by atoms with E-state index in [0.717, 1.165) is 14.2 Å². The number of hydrogen-bond donors (Lipinski definition) is 1. The van der Waals surface area contributed by atoms with Crippen molar-refractivity contribution in [1.29, 1.82) is 0 Å². The molecule has 0 amide bonds. The molecule has 16 heavy (non-hydrogen) atoms. The lowest BCUT2D eigenvalue weighted by molar-refractivity contribution is 0.227. The van der Waals surface area contributed by atoms with E-state index in [1.54, 1.807) is 22.7 Å². The average Bonchev–Trinajstić information content (AvgIpc) is 2.89. The van der Waals surface area contributed by atoms with E-state index < -0.39 is 6.10 Å². The molecule has 0 saturated carbocycles. The molecule has 0 radical (unpaired) electrons. The first-order chi connectivity index (χ1) is 7.75.